The van der Waals surface area contributed by atoms with Crippen LogP contribution in [0.25, 0.3) is 0 Å². The summed E-state index contributed by atoms with van der Waals surface area (Å²) in [7, 11) is 0. The van der Waals surface area contributed by atoms with Gasteiger partial charge in [-0.25, -0.2) is 4.68 Å². The highest BCUT2D eigenvalue weighted by Gasteiger charge is 2.09. The second kappa shape index (κ2) is 7.00. The van der Waals surface area contributed by atoms with Gasteiger partial charge in [0.25, 0.3) is 0 Å². The smallest absolute Gasteiger partial charge is 0.199 e. The lowest BCUT2D eigenvalue weighted by Gasteiger charge is -2.20. The van der Waals surface area contributed by atoms with Gasteiger partial charge >= 0.3 is 0 Å². The molecular formula is C16H24N4S. The summed E-state index contributed by atoms with van der Waals surface area (Å²) in [6, 6.07) is 8.98. The van der Waals surface area contributed by atoms with Gasteiger partial charge in [0.05, 0.1) is 6.67 Å². The van der Waals surface area contributed by atoms with Gasteiger partial charge in [-0.05, 0) is 45.1 Å². The molecule has 2 rings (SSSR count). The molecule has 0 radical (unpaired) electrons. The summed E-state index contributed by atoms with van der Waals surface area (Å²) < 4.78 is 4.71. The van der Waals surface area contributed by atoms with Crippen LogP contribution >= 0.6 is 12.2 Å². The lowest BCUT2D eigenvalue weighted by molar-refractivity contribution is 0.207. The first-order valence-corrected chi connectivity index (χ1v) is 7.84. The molecule has 0 amide bonds. The van der Waals surface area contributed by atoms with Crippen LogP contribution < -0.4 is 0 Å². The Morgan fingerprint density at radius 3 is 2.67 bits per heavy atom. The molecule has 1 aromatic carbocycles. The molecule has 0 saturated carbocycles. The van der Waals surface area contributed by atoms with Gasteiger partial charge in [0.2, 0.25) is 0 Å². The average Bonchev–Trinajstić information content (AvgIpc) is 2.79. The van der Waals surface area contributed by atoms with Crippen LogP contribution in [0.4, 0.5) is 0 Å². The first-order chi connectivity index (χ1) is 10.0. The first kappa shape index (κ1) is 15.9. The molecule has 0 atom stereocenters. The Balaban J connectivity index is 2.11. The zero-order chi connectivity index (χ0) is 15.4. The van der Waals surface area contributed by atoms with Crippen molar-refractivity contribution in [1.29, 1.82) is 0 Å². The zero-order valence-corrected chi connectivity index (χ0v) is 14.1. The molecule has 0 fully saturated rings. The topological polar surface area (TPSA) is 26.0 Å². The largest absolute Gasteiger partial charge is 0.304 e. The molecule has 0 bridgehead atoms. The van der Waals surface area contributed by atoms with Crippen LogP contribution in [0, 0.1) is 11.7 Å². The van der Waals surface area contributed by atoms with Crippen molar-refractivity contribution in [2.75, 3.05) is 6.54 Å². The third-order valence-electron chi connectivity index (χ3n) is 3.58. The lowest BCUT2D eigenvalue weighted by atomic mass is 10.1. The minimum atomic E-state index is 0.345. The summed E-state index contributed by atoms with van der Waals surface area (Å²) >= 11 is 5.49. The van der Waals surface area contributed by atoms with E-state index in [0.717, 1.165) is 24.5 Å². The molecule has 4 nitrogen and oxygen atoms in total. The summed E-state index contributed by atoms with van der Waals surface area (Å²) in [5, 5.41) is 4.42. The van der Waals surface area contributed by atoms with Gasteiger partial charge in [0, 0.05) is 12.6 Å². The van der Waals surface area contributed by atoms with E-state index in [0.29, 0.717) is 6.04 Å². The highest BCUT2D eigenvalue weighted by molar-refractivity contribution is 7.71. The second-order valence-electron chi connectivity index (χ2n) is 5.69. The molecule has 21 heavy (non-hydrogen) atoms. The molecular weight excluding hydrogens is 280 g/mol. The van der Waals surface area contributed by atoms with E-state index in [-0.39, 0.29) is 0 Å². The maximum atomic E-state index is 5.49. The highest BCUT2D eigenvalue weighted by Crippen LogP contribution is 2.10. The van der Waals surface area contributed by atoms with E-state index < -0.39 is 0 Å². The van der Waals surface area contributed by atoms with Gasteiger partial charge in [-0.1, -0.05) is 36.8 Å². The normalized spacial score (nSPS) is 11.5. The minimum absolute atomic E-state index is 0.345. The zero-order valence-electron chi connectivity index (χ0n) is 13.3. The molecule has 0 aliphatic rings. The summed E-state index contributed by atoms with van der Waals surface area (Å²) in [5.74, 6) is 0. The third-order valence-corrected chi connectivity index (χ3v) is 4.00. The predicted octanol–water partition coefficient (Wildman–Crippen LogP) is 3.78. The van der Waals surface area contributed by atoms with Crippen LogP contribution in [0.5, 0.6) is 0 Å². The highest BCUT2D eigenvalue weighted by atomic mass is 32.1. The van der Waals surface area contributed by atoms with Crippen LogP contribution in [0.15, 0.2) is 30.6 Å². The van der Waals surface area contributed by atoms with E-state index in [4.69, 9.17) is 12.2 Å². The van der Waals surface area contributed by atoms with Crippen molar-refractivity contribution in [3.8, 4) is 0 Å². The van der Waals surface area contributed by atoms with Crippen molar-refractivity contribution in [1.82, 2.24) is 19.2 Å². The fourth-order valence-corrected chi connectivity index (χ4v) is 2.68. The van der Waals surface area contributed by atoms with Crippen molar-refractivity contribution >= 4 is 12.2 Å². The van der Waals surface area contributed by atoms with Crippen LogP contribution in [0.2, 0.25) is 0 Å². The first-order valence-electron chi connectivity index (χ1n) is 7.43. The number of rotatable bonds is 6. The molecule has 1 aromatic heterocycles. The summed E-state index contributed by atoms with van der Waals surface area (Å²) in [5.41, 5.74) is 2.62. The fourth-order valence-electron chi connectivity index (χ4n) is 2.32. The Bertz CT molecular complexity index is 642. The van der Waals surface area contributed by atoms with Crippen molar-refractivity contribution in [2.45, 2.75) is 47.0 Å². The number of hydrogen-bond donors (Lipinski definition) is 0. The SMILES string of the molecule is CCN(Cc1cccc(C)c1)Cn1ncn(C(C)C)c1=S. The van der Waals surface area contributed by atoms with E-state index in [2.05, 4.69) is 62.0 Å². The Hall–Kier alpha value is -1.46. The van der Waals surface area contributed by atoms with Crippen LogP contribution in [0.3, 0.4) is 0 Å². The molecule has 0 spiro atoms. The van der Waals surface area contributed by atoms with Gasteiger partial charge in [0.15, 0.2) is 4.77 Å². The van der Waals surface area contributed by atoms with E-state index in [1.54, 1.807) is 0 Å². The Morgan fingerprint density at radius 1 is 1.33 bits per heavy atom. The molecule has 0 aliphatic carbocycles. The number of aromatic nitrogens is 3. The van der Waals surface area contributed by atoms with Crippen molar-refractivity contribution in [2.24, 2.45) is 0 Å². The van der Waals surface area contributed by atoms with Gasteiger partial charge < -0.3 is 4.57 Å². The van der Waals surface area contributed by atoms with Crippen molar-refractivity contribution in [3.63, 3.8) is 0 Å². The predicted molar refractivity (Wildman–Crippen MR) is 88.7 cm³/mol. The Labute approximate surface area is 132 Å². The van der Waals surface area contributed by atoms with Crippen molar-refractivity contribution < 1.29 is 0 Å². The monoisotopic (exact) mass is 304 g/mol. The van der Waals surface area contributed by atoms with E-state index in [1.165, 1.54) is 11.1 Å². The Kier molecular flexibility index (Phi) is 5.31. The van der Waals surface area contributed by atoms with Gasteiger partial charge in [-0.3, -0.25) is 4.90 Å². The van der Waals surface area contributed by atoms with Gasteiger partial charge in [-0.15, -0.1) is 0 Å². The molecule has 2 aromatic rings. The van der Waals surface area contributed by atoms with Crippen LogP contribution in [0.1, 0.15) is 37.9 Å². The van der Waals surface area contributed by atoms with E-state index >= 15 is 0 Å². The standard InChI is InChI=1S/C16H24N4S/c1-5-18(10-15-8-6-7-14(4)9-15)12-20-16(21)19(11-17-20)13(2)3/h6-9,11,13H,5,10,12H2,1-4H3. The molecule has 0 saturated heterocycles. The average molecular weight is 304 g/mol. The minimum Gasteiger partial charge on any atom is -0.304 e. The number of aryl methyl sites for hydroxylation is 1. The van der Waals surface area contributed by atoms with Gasteiger partial charge in [-0.2, -0.15) is 5.10 Å². The second-order valence-corrected chi connectivity index (χ2v) is 6.05. The molecule has 0 unspecified atom stereocenters. The lowest BCUT2D eigenvalue weighted by Crippen LogP contribution is -2.26. The molecule has 0 N–H and O–H groups in total. The van der Waals surface area contributed by atoms with E-state index in [1.807, 2.05) is 15.6 Å². The molecule has 0 aliphatic heterocycles. The number of benzene rings is 1. The van der Waals surface area contributed by atoms with Gasteiger partial charge in [0.1, 0.15) is 6.33 Å². The maximum Gasteiger partial charge on any atom is 0.199 e. The quantitative estimate of drug-likeness (QED) is 0.760. The van der Waals surface area contributed by atoms with E-state index in [9.17, 15) is 0 Å². The summed E-state index contributed by atoms with van der Waals surface area (Å²) in [6.07, 6.45) is 1.83. The summed E-state index contributed by atoms with van der Waals surface area (Å²) in [4.78, 5) is 2.34. The molecule has 5 heteroatoms. The third kappa shape index (κ3) is 4.02. The van der Waals surface area contributed by atoms with Crippen LogP contribution in [-0.2, 0) is 13.2 Å². The Morgan fingerprint density at radius 2 is 2.10 bits per heavy atom. The van der Waals surface area contributed by atoms with Crippen LogP contribution in [-0.4, -0.2) is 25.8 Å². The number of nitrogens with zero attached hydrogens (tertiary/aromatic N) is 4. The fraction of sp³-hybridized carbons (Fsp3) is 0.500. The molecule has 1 heterocycles. The van der Waals surface area contributed by atoms with Crippen molar-refractivity contribution in [3.05, 3.63) is 46.5 Å². The molecule has 114 valence electrons. The number of hydrogen-bond acceptors (Lipinski definition) is 3. The summed E-state index contributed by atoms with van der Waals surface area (Å²) in [6.45, 7) is 11.1. The maximum absolute atomic E-state index is 5.49.